The average molecular weight is 234 g/mol. The SMILES string of the molecule is CC(O)CNC(=O)c1ccc2c(c1)NC(=O)C2. The van der Waals surface area contributed by atoms with Crippen molar-refractivity contribution >= 4 is 17.5 Å². The number of carbonyl (C=O) groups is 2. The lowest BCUT2D eigenvalue weighted by molar-refractivity contribution is -0.115. The van der Waals surface area contributed by atoms with E-state index in [4.69, 9.17) is 5.11 Å². The van der Waals surface area contributed by atoms with Gasteiger partial charge in [-0.15, -0.1) is 0 Å². The summed E-state index contributed by atoms with van der Waals surface area (Å²) in [4.78, 5) is 22.8. The van der Waals surface area contributed by atoms with Crippen LogP contribution in [-0.2, 0) is 11.2 Å². The fourth-order valence-electron chi connectivity index (χ4n) is 1.70. The zero-order valence-corrected chi connectivity index (χ0v) is 9.49. The highest BCUT2D eigenvalue weighted by atomic mass is 16.3. The number of amides is 2. The van der Waals surface area contributed by atoms with Gasteiger partial charge in [0.15, 0.2) is 0 Å². The molecule has 1 atom stereocenters. The van der Waals surface area contributed by atoms with Crippen LogP contribution in [0.25, 0.3) is 0 Å². The summed E-state index contributed by atoms with van der Waals surface area (Å²) in [5, 5.41) is 14.4. The molecule has 0 spiro atoms. The maximum atomic E-state index is 11.7. The average Bonchev–Trinajstić information content (AvgIpc) is 2.64. The molecule has 0 saturated carbocycles. The maximum absolute atomic E-state index is 11.7. The number of carbonyl (C=O) groups excluding carboxylic acids is 2. The Hall–Kier alpha value is -1.88. The van der Waals surface area contributed by atoms with E-state index in [0.717, 1.165) is 5.56 Å². The van der Waals surface area contributed by atoms with Crippen molar-refractivity contribution < 1.29 is 14.7 Å². The van der Waals surface area contributed by atoms with E-state index in [-0.39, 0.29) is 18.4 Å². The largest absolute Gasteiger partial charge is 0.392 e. The van der Waals surface area contributed by atoms with Gasteiger partial charge in [-0.1, -0.05) is 6.07 Å². The van der Waals surface area contributed by atoms with Gasteiger partial charge in [-0.05, 0) is 24.6 Å². The van der Waals surface area contributed by atoms with Crippen LogP contribution in [0, 0.1) is 0 Å². The van der Waals surface area contributed by atoms with Crippen LogP contribution in [0.5, 0.6) is 0 Å². The topological polar surface area (TPSA) is 78.4 Å². The molecule has 1 aromatic rings. The van der Waals surface area contributed by atoms with Gasteiger partial charge in [0.2, 0.25) is 5.91 Å². The minimum absolute atomic E-state index is 0.0541. The molecule has 0 aliphatic carbocycles. The lowest BCUT2D eigenvalue weighted by atomic mass is 10.1. The van der Waals surface area contributed by atoms with Crippen LogP contribution in [-0.4, -0.2) is 29.6 Å². The van der Waals surface area contributed by atoms with Gasteiger partial charge in [0, 0.05) is 17.8 Å². The van der Waals surface area contributed by atoms with Gasteiger partial charge in [0.05, 0.1) is 12.5 Å². The van der Waals surface area contributed by atoms with Gasteiger partial charge < -0.3 is 15.7 Å². The zero-order valence-electron chi connectivity index (χ0n) is 9.49. The van der Waals surface area contributed by atoms with Crippen molar-refractivity contribution in [3.8, 4) is 0 Å². The summed E-state index contributed by atoms with van der Waals surface area (Å²) in [5.41, 5.74) is 2.08. The van der Waals surface area contributed by atoms with Crippen LogP contribution in [0.15, 0.2) is 18.2 Å². The molecule has 1 aliphatic rings. The number of aliphatic hydroxyl groups is 1. The van der Waals surface area contributed by atoms with Gasteiger partial charge in [-0.3, -0.25) is 9.59 Å². The third-order valence-corrected chi connectivity index (χ3v) is 2.56. The second-order valence-electron chi connectivity index (χ2n) is 4.16. The van der Waals surface area contributed by atoms with Crippen molar-refractivity contribution in [2.75, 3.05) is 11.9 Å². The van der Waals surface area contributed by atoms with Gasteiger partial charge in [-0.25, -0.2) is 0 Å². The molecule has 3 N–H and O–H groups in total. The second kappa shape index (κ2) is 4.55. The molecule has 2 rings (SSSR count). The first-order chi connectivity index (χ1) is 8.06. The normalized spacial score (nSPS) is 15.1. The standard InChI is InChI=1S/C12H14N2O3/c1-7(15)6-13-12(17)9-3-2-8-5-11(16)14-10(8)4-9/h2-4,7,15H,5-6H2,1H3,(H,13,17)(H,14,16). The molecule has 0 fully saturated rings. The van der Waals surface area contributed by atoms with E-state index in [1.54, 1.807) is 25.1 Å². The van der Waals surface area contributed by atoms with Crippen LogP contribution in [0.2, 0.25) is 0 Å². The molecule has 5 nitrogen and oxygen atoms in total. The predicted molar refractivity (Wildman–Crippen MR) is 62.8 cm³/mol. The fourth-order valence-corrected chi connectivity index (χ4v) is 1.70. The Morgan fingerprint density at radius 1 is 1.59 bits per heavy atom. The van der Waals surface area contributed by atoms with E-state index in [9.17, 15) is 9.59 Å². The lowest BCUT2D eigenvalue weighted by Crippen LogP contribution is -2.30. The molecule has 0 saturated heterocycles. The molecule has 90 valence electrons. The Morgan fingerprint density at radius 2 is 2.35 bits per heavy atom. The number of hydrogen-bond donors (Lipinski definition) is 3. The van der Waals surface area contributed by atoms with Crippen molar-refractivity contribution in [2.24, 2.45) is 0 Å². The summed E-state index contributed by atoms with van der Waals surface area (Å²) in [7, 11) is 0. The Morgan fingerprint density at radius 3 is 3.06 bits per heavy atom. The first-order valence-electron chi connectivity index (χ1n) is 5.45. The summed E-state index contributed by atoms with van der Waals surface area (Å²) in [5.74, 6) is -0.309. The number of nitrogens with one attached hydrogen (secondary N) is 2. The molecular formula is C12H14N2O3. The predicted octanol–water partition coefficient (Wildman–Crippen LogP) is 0.292. The Bertz CT molecular complexity index is 469. The summed E-state index contributed by atoms with van der Waals surface area (Å²) in [6.45, 7) is 1.81. The number of rotatable bonds is 3. The molecular weight excluding hydrogens is 220 g/mol. The number of hydrogen-bond acceptors (Lipinski definition) is 3. The van der Waals surface area contributed by atoms with E-state index in [0.29, 0.717) is 17.7 Å². The zero-order chi connectivity index (χ0) is 12.4. The lowest BCUT2D eigenvalue weighted by Gasteiger charge is -2.08. The van der Waals surface area contributed by atoms with Gasteiger partial charge in [0.25, 0.3) is 5.91 Å². The van der Waals surface area contributed by atoms with Crippen LogP contribution in [0.3, 0.4) is 0 Å². The van der Waals surface area contributed by atoms with Crippen molar-refractivity contribution in [2.45, 2.75) is 19.4 Å². The monoisotopic (exact) mass is 234 g/mol. The first-order valence-corrected chi connectivity index (χ1v) is 5.45. The van der Waals surface area contributed by atoms with Gasteiger partial charge in [-0.2, -0.15) is 0 Å². The molecule has 0 bridgehead atoms. The number of aliphatic hydroxyl groups excluding tert-OH is 1. The molecule has 0 radical (unpaired) electrons. The third-order valence-electron chi connectivity index (χ3n) is 2.56. The van der Waals surface area contributed by atoms with Crippen molar-refractivity contribution in [3.05, 3.63) is 29.3 Å². The second-order valence-corrected chi connectivity index (χ2v) is 4.16. The minimum Gasteiger partial charge on any atom is -0.392 e. The Labute approximate surface area is 98.8 Å². The molecule has 0 aromatic heterocycles. The molecule has 1 heterocycles. The van der Waals surface area contributed by atoms with E-state index < -0.39 is 6.10 Å². The van der Waals surface area contributed by atoms with E-state index in [1.165, 1.54) is 0 Å². The highest BCUT2D eigenvalue weighted by Crippen LogP contribution is 2.23. The van der Waals surface area contributed by atoms with E-state index in [1.807, 2.05) is 0 Å². The van der Waals surface area contributed by atoms with Crippen molar-refractivity contribution in [1.82, 2.24) is 5.32 Å². The number of anilines is 1. The Kier molecular flexibility index (Phi) is 3.10. The van der Waals surface area contributed by atoms with Gasteiger partial charge in [0.1, 0.15) is 0 Å². The van der Waals surface area contributed by atoms with Crippen LogP contribution in [0.4, 0.5) is 5.69 Å². The highest BCUT2D eigenvalue weighted by molar-refractivity contribution is 6.02. The minimum atomic E-state index is -0.576. The smallest absolute Gasteiger partial charge is 0.251 e. The molecule has 17 heavy (non-hydrogen) atoms. The van der Waals surface area contributed by atoms with Crippen molar-refractivity contribution in [3.63, 3.8) is 0 Å². The number of fused-ring (bicyclic) bond motifs is 1. The van der Waals surface area contributed by atoms with Crippen LogP contribution >= 0.6 is 0 Å². The quantitative estimate of drug-likeness (QED) is 0.703. The summed E-state index contributed by atoms with van der Waals surface area (Å²) >= 11 is 0. The summed E-state index contributed by atoms with van der Waals surface area (Å²) < 4.78 is 0. The molecule has 1 aromatic carbocycles. The molecule has 2 amide bonds. The van der Waals surface area contributed by atoms with E-state index >= 15 is 0 Å². The maximum Gasteiger partial charge on any atom is 0.251 e. The number of benzene rings is 1. The van der Waals surface area contributed by atoms with Crippen molar-refractivity contribution in [1.29, 1.82) is 0 Å². The van der Waals surface area contributed by atoms with Crippen LogP contribution in [0.1, 0.15) is 22.8 Å². The Balaban J connectivity index is 2.10. The molecule has 5 heteroatoms. The molecule has 1 aliphatic heterocycles. The fraction of sp³-hybridized carbons (Fsp3) is 0.333. The molecule has 1 unspecified atom stereocenters. The van der Waals surface area contributed by atoms with Crippen LogP contribution < -0.4 is 10.6 Å². The van der Waals surface area contributed by atoms with Gasteiger partial charge >= 0.3 is 0 Å². The first kappa shape index (κ1) is 11.6. The summed E-state index contributed by atoms with van der Waals surface area (Å²) in [6.07, 6.45) is -0.210. The highest BCUT2D eigenvalue weighted by Gasteiger charge is 2.18. The van der Waals surface area contributed by atoms with E-state index in [2.05, 4.69) is 10.6 Å². The summed E-state index contributed by atoms with van der Waals surface area (Å²) in [6, 6.07) is 5.10. The third kappa shape index (κ3) is 2.62.